The average Bonchev–Trinajstić information content (AvgIpc) is 3.40. The number of carbonyl (C=O) groups is 2. The van der Waals surface area contributed by atoms with Crippen molar-refractivity contribution < 1.29 is 14.0 Å². The fourth-order valence-corrected chi connectivity index (χ4v) is 3.40. The van der Waals surface area contributed by atoms with Gasteiger partial charge in [0.15, 0.2) is 5.76 Å². The molecule has 0 aliphatic carbocycles. The molecule has 1 atom stereocenters. The van der Waals surface area contributed by atoms with Crippen molar-refractivity contribution in [2.75, 3.05) is 13.1 Å². The van der Waals surface area contributed by atoms with Crippen molar-refractivity contribution in [3.8, 4) is 0 Å². The molecule has 0 bridgehead atoms. The zero-order chi connectivity index (χ0) is 17.9. The van der Waals surface area contributed by atoms with E-state index < -0.39 is 0 Å². The van der Waals surface area contributed by atoms with Crippen molar-refractivity contribution in [3.63, 3.8) is 0 Å². The summed E-state index contributed by atoms with van der Waals surface area (Å²) in [6.07, 6.45) is 3.54. The molecule has 0 spiro atoms. The number of hydrogen-bond acceptors (Lipinski definition) is 4. The number of likely N-dealkylation sites (tertiary alicyclic amines) is 1. The van der Waals surface area contributed by atoms with Gasteiger partial charge in [-0.05, 0) is 37.1 Å². The molecule has 3 heterocycles. The number of carbonyl (C=O) groups excluding carboxylic acids is 2. The number of para-hydroxylation sites is 2. The van der Waals surface area contributed by atoms with E-state index in [4.69, 9.17) is 4.42 Å². The Morgan fingerprint density at radius 2 is 2.15 bits per heavy atom. The van der Waals surface area contributed by atoms with Gasteiger partial charge in [0.25, 0.3) is 5.91 Å². The van der Waals surface area contributed by atoms with Crippen LogP contribution in [0.3, 0.4) is 0 Å². The second-order valence-electron chi connectivity index (χ2n) is 6.37. The number of amides is 2. The number of nitrogens with one attached hydrogen (secondary N) is 2. The topological polar surface area (TPSA) is 91.2 Å². The summed E-state index contributed by atoms with van der Waals surface area (Å²) in [6.45, 7) is 0.994. The largest absolute Gasteiger partial charge is 0.459 e. The molecule has 7 nitrogen and oxygen atoms in total. The summed E-state index contributed by atoms with van der Waals surface area (Å²) in [6, 6.07) is 11.1. The molecule has 0 radical (unpaired) electrons. The van der Waals surface area contributed by atoms with Crippen LogP contribution in [0, 0.1) is 0 Å². The number of imidazole rings is 1. The van der Waals surface area contributed by atoms with Crippen molar-refractivity contribution >= 4 is 22.8 Å². The van der Waals surface area contributed by atoms with Gasteiger partial charge in [-0.2, -0.15) is 0 Å². The van der Waals surface area contributed by atoms with Crippen molar-refractivity contribution in [2.45, 2.75) is 25.3 Å². The maximum absolute atomic E-state index is 12.6. The van der Waals surface area contributed by atoms with Crippen LogP contribution in [0.2, 0.25) is 0 Å². The number of benzene rings is 1. The Balaban J connectivity index is 1.38. The first-order valence-electron chi connectivity index (χ1n) is 8.78. The van der Waals surface area contributed by atoms with Gasteiger partial charge in [0.1, 0.15) is 5.82 Å². The van der Waals surface area contributed by atoms with Crippen molar-refractivity contribution in [1.82, 2.24) is 20.2 Å². The minimum Gasteiger partial charge on any atom is -0.459 e. The normalized spacial score (nSPS) is 16.9. The number of rotatable bonds is 5. The third-order valence-electron chi connectivity index (χ3n) is 4.67. The predicted molar refractivity (Wildman–Crippen MR) is 95.4 cm³/mol. The fourth-order valence-electron chi connectivity index (χ4n) is 3.40. The minimum absolute atomic E-state index is 0.0210. The second-order valence-corrected chi connectivity index (χ2v) is 6.37. The zero-order valence-electron chi connectivity index (χ0n) is 14.3. The van der Waals surface area contributed by atoms with Gasteiger partial charge < -0.3 is 19.6 Å². The van der Waals surface area contributed by atoms with Crippen LogP contribution in [-0.2, 0) is 4.79 Å². The van der Waals surface area contributed by atoms with Gasteiger partial charge in [0.05, 0.1) is 23.3 Å². The monoisotopic (exact) mass is 352 g/mol. The molecule has 134 valence electrons. The van der Waals surface area contributed by atoms with Crippen LogP contribution in [0.5, 0.6) is 0 Å². The summed E-state index contributed by atoms with van der Waals surface area (Å²) in [5.74, 6) is 0.793. The Labute approximate surface area is 150 Å². The third-order valence-corrected chi connectivity index (χ3v) is 4.67. The molecule has 1 aromatic carbocycles. The third kappa shape index (κ3) is 3.20. The quantitative estimate of drug-likeness (QED) is 0.738. The van der Waals surface area contributed by atoms with E-state index >= 15 is 0 Å². The summed E-state index contributed by atoms with van der Waals surface area (Å²) in [4.78, 5) is 34.3. The molecule has 1 saturated heterocycles. The van der Waals surface area contributed by atoms with E-state index in [0.717, 1.165) is 29.7 Å². The highest BCUT2D eigenvalue weighted by atomic mass is 16.3. The lowest BCUT2D eigenvalue weighted by Gasteiger charge is -2.23. The highest BCUT2D eigenvalue weighted by Crippen LogP contribution is 2.31. The van der Waals surface area contributed by atoms with E-state index in [1.54, 1.807) is 12.1 Å². The number of hydrogen-bond donors (Lipinski definition) is 2. The lowest BCUT2D eigenvalue weighted by Crippen LogP contribution is -2.34. The smallest absolute Gasteiger partial charge is 0.286 e. The predicted octanol–water partition coefficient (Wildman–Crippen LogP) is 2.64. The number of aromatic nitrogens is 2. The van der Waals surface area contributed by atoms with Crippen LogP contribution in [-0.4, -0.2) is 39.8 Å². The Hall–Kier alpha value is -3.09. The van der Waals surface area contributed by atoms with Gasteiger partial charge >= 0.3 is 0 Å². The number of nitrogens with zero attached hydrogens (tertiary/aromatic N) is 2. The van der Waals surface area contributed by atoms with E-state index in [1.165, 1.54) is 6.26 Å². The summed E-state index contributed by atoms with van der Waals surface area (Å²) < 4.78 is 5.04. The first kappa shape index (κ1) is 16.4. The molecule has 1 aliphatic rings. The summed E-state index contributed by atoms with van der Waals surface area (Å²) >= 11 is 0. The average molecular weight is 352 g/mol. The number of fused-ring (bicyclic) bond motifs is 1. The molecular formula is C19H20N4O3. The molecule has 0 saturated carbocycles. The van der Waals surface area contributed by atoms with Gasteiger partial charge in [-0.15, -0.1) is 0 Å². The molecule has 3 aromatic rings. The van der Waals surface area contributed by atoms with Gasteiger partial charge in [0, 0.05) is 19.5 Å². The van der Waals surface area contributed by atoms with E-state index in [0.29, 0.717) is 6.54 Å². The standard InChI is InChI=1S/C19H20N4O3/c24-17(9-10-20-19(25)16-8-4-12-26-16)23-11-3-7-15(23)18-21-13-5-1-2-6-14(13)22-18/h1-2,4-6,8,12,15H,3,7,9-11H2,(H,20,25)(H,21,22)/t15-/m0/s1. The van der Waals surface area contributed by atoms with Crippen LogP contribution in [0.4, 0.5) is 0 Å². The highest BCUT2D eigenvalue weighted by molar-refractivity contribution is 5.91. The van der Waals surface area contributed by atoms with Crippen molar-refractivity contribution in [3.05, 3.63) is 54.2 Å². The lowest BCUT2D eigenvalue weighted by molar-refractivity contribution is -0.132. The van der Waals surface area contributed by atoms with E-state index in [2.05, 4.69) is 15.3 Å². The van der Waals surface area contributed by atoms with E-state index in [-0.39, 0.29) is 36.6 Å². The zero-order valence-corrected chi connectivity index (χ0v) is 14.3. The molecule has 4 rings (SSSR count). The number of furan rings is 1. The van der Waals surface area contributed by atoms with Gasteiger partial charge in [-0.1, -0.05) is 12.1 Å². The maximum atomic E-state index is 12.6. The number of H-pyrrole nitrogens is 1. The van der Waals surface area contributed by atoms with Crippen LogP contribution in [0.1, 0.15) is 41.7 Å². The van der Waals surface area contributed by atoms with Crippen LogP contribution >= 0.6 is 0 Å². The van der Waals surface area contributed by atoms with Crippen molar-refractivity contribution in [1.29, 1.82) is 0 Å². The molecule has 1 fully saturated rings. The first-order valence-corrected chi connectivity index (χ1v) is 8.78. The van der Waals surface area contributed by atoms with Crippen LogP contribution in [0.15, 0.2) is 47.1 Å². The summed E-state index contributed by atoms with van der Waals surface area (Å²) in [7, 11) is 0. The SMILES string of the molecule is O=C(NCCC(=O)N1CCC[C@H]1c1nc2ccccc2[nH]1)c1ccco1. The second kappa shape index (κ2) is 7.03. The summed E-state index contributed by atoms with van der Waals surface area (Å²) in [5, 5.41) is 2.71. The van der Waals surface area contributed by atoms with Gasteiger partial charge in [-0.3, -0.25) is 9.59 Å². The summed E-state index contributed by atoms with van der Waals surface area (Å²) in [5.41, 5.74) is 1.89. The van der Waals surface area contributed by atoms with E-state index in [1.807, 2.05) is 29.2 Å². The molecule has 26 heavy (non-hydrogen) atoms. The Morgan fingerprint density at radius 3 is 2.96 bits per heavy atom. The molecule has 2 amide bonds. The van der Waals surface area contributed by atoms with Crippen molar-refractivity contribution in [2.24, 2.45) is 0 Å². The Bertz CT molecular complexity index is 883. The Morgan fingerprint density at radius 1 is 1.27 bits per heavy atom. The highest BCUT2D eigenvalue weighted by Gasteiger charge is 2.31. The fraction of sp³-hybridized carbons (Fsp3) is 0.316. The van der Waals surface area contributed by atoms with Gasteiger partial charge in [-0.25, -0.2) is 4.98 Å². The molecule has 7 heteroatoms. The van der Waals surface area contributed by atoms with Gasteiger partial charge in [0.2, 0.25) is 5.91 Å². The maximum Gasteiger partial charge on any atom is 0.286 e. The van der Waals surface area contributed by atoms with E-state index in [9.17, 15) is 9.59 Å². The molecule has 2 N–H and O–H groups in total. The lowest BCUT2D eigenvalue weighted by atomic mass is 10.2. The number of aromatic amines is 1. The minimum atomic E-state index is -0.307. The first-order chi connectivity index (χ1) is 12.7. The molecular weight excluding hydrogens is 332 g/mol. The molecule has 1 aliphatic heterocycles. The van der Waals surface area contributed by atoms with Crippen LogP contribution in [0.25, 0.3) is 11.0 Å². The molecule has 0 unspecified atom stereocenters. The Kier molecular flexibility index (Phi) is 4.43. The van der Waals surface area contributed by atoms with Crippen LogP contribution < -0.4 is 5.32 Å². The molecule has 2 aromatic heterocycles.